The molecule has 17 heavy (non-hydrogen) atoms. The highest BCUT2D eigenvalue weighted by molar-refractivity contribution is 5.48. The maximum absolute atomic E-state index is 10.1. The van der Waals surface area contributed by atoms with Crippen LogP contribution in [-0.2, 0) is 12.8 Å². The van der Waals surface area contributed by atoms with Crippen molar-refractivity contribution in [3.05, 3.63) is 23.3 Å². The van der Waals surface area contributed by atoms with Gasteiger partial charge in [0.2, 0.25) is 0 Å². The molecule has 1 fully saturated rings. The third kappa shape index (κ3) is 2.72. The number of hydrogen-bond donors (Lipinski definition) is 2. The molecule has 1 heterocycles. The Hall–Kier alpha value is -1.22. The zero-order valence-corrected chi connectivity index (χ0v) is 10.6. The topological polar surface area (TPSA) is 41.5 Å². The number of hydrogen-bond acceptors (Lipinski definition) is 3. The Labute approximate surface area is 103 Å². The SMILES string of the molecule is CCc1cc(CC2CCNC2)c(O)c(OC)c1. The minimum Gasteiger partial charge on any atom is -0.504 e. The van der Waals surface area contributed by atoms with Gasteiger partial charge >= 0.3 is 0 Å². The van der Waals surface area contributed by atoms with Crippen molar-refractivity contribution in [3.63, 3.8) is 0 Å². The molecule has 0 aliphatic carbocycles. The number of aromatic hydroxyl groups is 1. The van der Waals surface area contributed by atoms with Crippen molar-refractivity contribution in [2.75, 3.05) is 20.2 Å². The van der Waals surface area contributed by atoms with E-state index in [1.165, 1.54) is 12.0 Å². The normalized spacial score (nSPS) is 19.5. The molecular formula is C14H21NO2. The Morgan fingerprint density at radius 1 is 1.47 bits per heavy atom. The van der Waals surface area contributed by atoms with Gasteiger partial charge < -0.3 is 15.2 Å². The van der Waals surface area contributed by atoms with Crippen LogP contribution in [0.15, 0.2) is 12.1 Å². The van der Waals surface area contributed by atoms with Gasteiger partial charge in [-0.2, -0.15) is 0 Å². The van der Waals surface area contributed by atoms with E-state index in [0.717, 1.165) is 31.5 Å². The fourth-order valence-corrected chi connectivity index (χ4v) is 2.44. The highest BCUT2D eigenvalue weighted by atomic mass is 16.5. The molecule has 3 heteroatoms. The summed E-state index contributed by atoms with van der Waals surface area (Å²) in [5.74, 6) is 1.56. The van der Waals surface area contributed by atoms with Gasteiger partial charge in [0, 0.05) is 0 Å². The highest BCUT2D eigenvalue weighted by Gasteiger charge is 2.18. The molecule has 0 aromatic heterocycles. The van der Waals surface area contributed by atoms with Crippen LogP contribution in [0.4, 0.5) is 0 Å². The van der Waals surface area contributed by atoms with Crippen LogP contribution in [-0.4, -0.2) is 25.3 Å². The lowest BCUT2D eigenvalue weighted by Gasteiger charge is -2.14. The minimum absolute atomic E-state index is 0.316. The number of phenolic OH excluding ortho intramolecular Hbond substituents is 1. The molecule has 3 nitrogen and oxygen atoms in total. The molecule has 1 unspecified atom stereocenters. The van der Waals surface area contributed by atoms with Gasteiger partial charge in [0.05, 0.1) is 7.11 Å². The third-order valence-electron chi connectivity index (χ3n) is 3.51. The number of phenols is 1. The van der Waals surface area contributed by atoms with Crippen LogP contribution in [0.3, 0.4) is 0 Å². The fourth-order valence-electron chi connectivity index (χ4n) is 2.44. The van der Waals surface area contributed by atoms with Crippen LogP contribution < -0.4 is 10.1 Å². The van der Waals surface area contributed by atoms with Crippen molar-refractivity contribution >= 4 is 0 Å². The average Bonchev–Trinajstić information content (AvgIpc) is 2.84. The van der Waals surface area contributed by atoms with Crippen LogP contribution in [0.2, 0.25) is 0 Å². The summed E-state index contributed by atoms with van der Waals surface area (Å²) >= 11 is 0. The second-order valence-electron chi connectivity index (χ2n) is 4.72. The lowest BCUT2D eigenvalue weighted by Crippen LogP contribution is -2.11. The lowest BCUT2D eigenvalue weighted by atomic mass is 9.95. The second kappa shape index (κ2) is 5.41. The summed E-state index contributed by atoms with van der Waals surface area (Å²) in [6.45, 7) is 4.26. The van der Waals surface area contributed by atoms with E-state index in [4.69, 9.17) is 4.74 Å². The standard InChI is InChI=1S/C14H21NO2/c1-3-10-6-12(7-11-4-5-15-9-11)14(16)13(8-10)17-2/h6,8,11,15-16H,3-5,7,9H2,1-2H3. The van der Waals surface area contributed by atoms with E-state index in [1.807, 2.05) is 6.07 Å². The van der Waals surface area contributed by atoms with Crippen molar-refractivity contribution < 1.29 is 9.84 Å². The van der Waals surface area contributed by atoms with Crippen LogP contribution in [0.5, 0.6) is 11.5 Å². The third-order valence-corrected chi connectivity index (χ3v) is 3.51. The Morgan fingerprint density at radius 3 is 2.88 bits per heavy atom. The minimum atomic E-state index is 0.316. The van der Waals surface area contributed by atoms with E-state index in [2.05, 4.69) is 18.3 Å². The van der Waals surface area contributed by atoms with Crippen molar-refractivity contribution in [2.24, 2.45) is 5.92 Å². The zero-order chi connectivity index (χ0) is 12.3. The molecular weight excluding hydrogens is 214 g/mol. The van der Waals surface area contributed by atoms with Gasteiger partial charge in [-0.15, -0.1) is 0 Å². The number of methoxy groups -OCH3 is 1. The first-order valence-electron chi connectivity index (χ1n) is 6.34. The molecule has 0 saturated carbocycles. The van der Waals surface area contributed by atoms with Gasteiger partial charge in [-0.25, -0.2) is 0 Å². The van der Waals surface area contributed by atoms with Gasteiger partial charge in [0.1, 0.15) is 0 Å². The quantitative estimate of drug-likeness (QED) is 0.840. The van der Waals surface area contributed by atoms with Gasteiger partial charge in [0.15, 0.2) is 11.5 Å². The highest BCUT2D eigenvalue weighted by Crippen LogP contribution is 2.33. The molecule has 2 N–H and O–H groups in total. The van der Waals surface area contributed by atoms with E-state index in [9.17, 15) is 5.11 Å². The Balaban J connectivity index is 2.24. The van der Waals surface area contributed by atoms with E-state index in [1.54, 1.807) is 7.11 Å². The monoisotopic (exact) mass is 235 g/mol. The van der Waals surface area contributed by atoms with Crippen molar-refractivity contribution in [1.29, 1.82) is 0 Å². The maximum Gasteiger partial charge on any atom is 0.161 e. The zero-order valence-electron chi connectivity index (χ0n) is 10.6. The van der Waals surface area contributed by atoms with E-state index in [-0.39, 0.29) is 0 Å². The number of benzene rings is 1. The Bertz CT molecular complexity index is 384. The fraction of sp³-hybridized carbons (Fsp3) is 0.571. The van der Waals surface area contributed by atoms with Crippen molar-refractivity contribution in [1.82, 2.24) is 5.32 Å². The summed E-state index contributed by atoms with van der Waals surface area (Å²) in [7, 11) is 1.61. The smallest absolute Gasteiger partial charge is 0.161 e. The first-order chi connectivity index (χ1) is 8.24. The first-order valence-corrected chi connectivity index (χ1v) is 6.34. The van der Waals surface area contributed by atoms with Gasteiger partial charge in [-0.05, 0) is 55.5 Å². The van der Waals surface area contributed by atoms with Crippen molar-refractivity contribution in [3.8, 4) is 11.5 Å². The average molecular weight is 235 g/mol. The Kier molecular flexibility index (Phi) is 3.89. The van der Waals surface area contributed by atoms with Crippen LogP contribution in [0.25, 0.3) is 0 Å². The van der Waals surface area contributed by atoms with Gasteiger partial charge in [0.25, 0.3) is 0 Å². The summed E-state index contributed by atoms with van der Waals surface area (Å²) in [5, 5.41) is 13.5. The van der Waals surface area contributed by atoms with Crippen LogP contribution in [0, 0.1) is 5.92 Å². The molecule has 0 amide bonds. The predicted octanol–water partition coefficient (Wildman–Crippen LogP) is 2.12. The summed E-state index contributed by atoms with van der Waals surface area (Å²) in [6.07, 6.45) is 3.09. The largest absolute Gasteiger partial charge is 0.504 e. The van der Waals surface area contributed by atoms with E-state index in [0.29, 0.717) is 17.4 Å². The van der Waals surface area contributed by atoms with Crippen LogP contribution in [0.1, 0.15) is 24.5 Å². The van der Waals surface area contributed by atoms with Crippen LogP contribution >= 0.6 is 0 Å². The molecule has 1 aliphatic heterocycles. The van der Waals surface area contributed by atoms with E-state index >= 15 is 0 Å². The molecule has 1 aromatic carbocycles. The van der Waals surface area contributed by atoms with Gasteiger partial charge in [-0.1, -0.05) is 13.0 Å². The second-order valence-corrected chi connectivity index (χ2v) is 4.72. The summed E-state index contributed by atoms with van der Waals surface area (Å²) < 4.78 is 5.23. The molecule has 94 valence electrons. The molecule has 0 bridgehead atoms. The lowest BCUT2D eigenvalue weighted by molar-refractivity contribution is 0.368. The molecule has 1 aliphatic rings. The number of rotatable bonds is 4. The number of aryl methyl sites for hydroxylation is 1. The molecule has 1 saturated heterocycles. The number of nitrogens with one attached hydrogen (secondary N) is 1. The molecule has 1 aromatic rings. The molecule has 2 rings (SSSR count). The molecule has 0 radical (unpaired) electrons. The summed E-state index contributed by atoms with van der Waals surface area (Å²) in [6, 6.07) is 4.03. The maximum atomic E-state index is 10.1. The molecule has 0 spiro atoms. The molecule has 1 atom stereocenters. The Morgan fingerprint density at radius 2 is 2.29 bits per heavy atom. The van der Waals surface area contributed by atoms with Crippen molar-refractivity contribution in [2.45, 2.75) is 26.2 Å². The number of ether oxygens (including phenoxy) is 1. The van der Waals surface area contributed by atoms with Gasteiger partial charge in [-0.3, -0.25) is 0 Å². The first kappa shape index (κ1) is 12.2. The summed E-state index contributed by atoms with van der Waals surface area (Å²) in [4.78, 5) is 0. The predicted molar refractivity (Wildman–Crippen MR) is 68.7 cm³/mol. The van der Waals surface area contributed by atoms with E-state index < -0.39 is 0 Å². The summed E-state index contributed by atoms with van der Waals surface area (Å²) in [5.41, 5.74) is 2.25.